The molecule has 2 aromatic heterocycles. The predicted octanol–water partition coefficient (Wildman–Crippen LogP) is 2.51. The molecule has 2 heterocycles. The Kier molecular flexibility index (Phi) is 5.02. The first-order valence-electron chi connectivity index (χ1n) is 6.96. The van der Waals surface area contributed by atoms with Gasteiger partial charge in [0.05, 0.1) is 18.7 Å². The number of pyridine rings is 1. The van der Waals surface area contributed by atoms with Gasteiger partial charge < -0.3 is 10.1 Å². The Morgan fingerprint density at radius 2 is 2.00 bits per heavy atom. The largest absolute Gasteiger partial charge is 0.417 e. The quantitative estimate of drug-likeness (QED) is 0.890. The normalized spacial score (nSPS) is 15.2. The average Bonchev–Trinajstić information content (AvgIpc) is 2.86. The molecule has 0 radical (unpaired) electrons. The van der Waals surface area contributed by atoms with E-state index in [0.717, 1.165) is 12.3 Å². The summed E-state index contributed by atoms with van der Waals surface area (Å²) >= 11 is 0. The molecule has 122 valence electrons. The van der Waals surface area contributed by atoms with Crippen LogP contribution >= 0.6 is 0 Å². The van der Waals surface area contributed by atoms with Gasteiger partial charge in [-0.2, -0.15) is 13.2 Å². The fourth-order valence-corrected chi connectivity index (χ4v) is 2.09. The summed E-state index contributed by atoms with van der Waals surface area (Å²) in [5.41, 5.74) is -0.329. The number of hydrogen-bond donors (Lipinski definition) is 1. The van der Waals surface area contributed by atoms with Crippen LogP contribution in [0.4, 0.5) is 13.2 Å². The second-order valence-electron chi connectivity index (χ2n) is 5.36. The van der Waals surface area contributed by atoms with Crippen LogP contribution in [0.2, 0.25) is 0 Å². The number of hydrogen-bond acceptors (Lipinski definition) is 4. The van der Waals surface area contributed by atoms with Gasteiger partial charge in [0.15, 0.2) is 11.5 Å². The monoisotopic (exact) mass is 316 g/mol. The molecule has 8 heteroatoms. The van der Waals surface area contributed by atoms with E-state index in [4.69, 9.17) is 4.74 Å². The highest BCUT2D eigenvalue weighted by molar-refractivity contribution is 5.40. The number of fused-ring (bicyclic) bond motifs is 1. The molecule has 1 N–H and O–H groups in total. The highest BCUT2D eigenvalue weighted by Crippen LogP contribution is 2.29. The van der Waals surface area contributed by atoms with Crippen LogP contribution in [0.1, 0.15) is 25.2 Å². The first-order chi connectivity index (χ1) is 10.3. The maximum atomic E-state index is 12.8. The minimum Gasteiger partial charge on any atom is -0.384 e. The third-order valence-electron chi connectivity index (χ3n) is 3.67. The number of halogens is 3. The van der Waals surface area contributed by atoms with Gasteiger partial charge in [0.2, 0.25) is 0 Å². The highest BCUT2D eigenvalue weighted by atomic mass is 19.4. The summed E-state index contributed by atoms with van der Waals surface area (Å²) in [5, 5.41) is 11.1. The summed E-state index contributed by atoms with van der Waals surface area (Å²) in [4.78, 5) is 0. The Bertz CT molecular complexity index is 626. The lowest BCUT2D eigenvalue weighted by Gasteiger charge is -2.20. The van der Waals surface area contributed by atoms with Gasteiger partial charge in [-0.25, -0.2) is 0 Å². The lowest BCUT2D eigenvalue weighted by atomic mass is 10.1. The van der Waals surface area contributed by atoms with E-state index < -0.39 is 11.7 Å². The summed E-state index contributed by atoms with van der Waals surface area (Å²) in [6.45, 7) is 4.96. The van der Waals surface area contributed by atoms with Crippen LogP contribution in [0.3, 0.4) is 0 Å². The third-order valence-corrected chi connectivity index (χ3v) is 3.67. The summed E-state index contributed by atoms with van der Waals surface area (Å²) in [7, 11) is 1.63. The van der Waals surface area contributed by atoms with Crippen molar-refractivity contribution in [3.63, 3.8) is 0 Å². The lowest BCUT2D eigenvalue weighted by molar-refractivity contribution is -0.137. The lowest BCUT2D eigenvalue weighted by Crippen LogP contribution is -2.34. The summed E-state index contributed by atoms with van der Waals surface area (Å²) < 4.78 is 44.8. The second kappa shape index (κ2) is 6.62. The van der Waals surface area contributed by atoms with Crippen LogP contribution in [-0.2, 0) is 17.5 Å². The zero-order chi connectivity index (χ0) is 16.3. The predicted molar refractivity (Wildman–Crippen MR) is 75.3 cm³/mol. The third kappa shape index (κ3) is 3.75. The summed E-state index contributed by atoms with van der Waals surface area (Å²) in [6, 6.07) is 2.46. The van der Waals surface area contributed by atoms with Gasteiger partial charge in [-0.15, -0.1) is 10.2 Å². The molecule has 2 aromatic rings. The number of aromatic nitrogens is 3. The zero-order valence-corrected chi connectivity index (χ0v) is 12.7. The number of methoxy groups -OCH3 is 1. The molecule has 0 saturated heterocycles. The summed E-state index contributed by atoms with van der Waals surface area (Å²) in [6.07, 6.45) is -3.36. The van der Waals surface area contributed by atoms with Crippen molar-refractivity contribution in [1.82, 2.24) is 19.9 Å². The smallest absolute Gasteiger partial charge is 0.384 e. The van der Waals surface area contributed by atoms with E-state index in [2.05, 4.69) is 15.5 Å². The van der Waals surface area contributed by atoms with Crippen LogP contribution in [0, 0.1) is 5.92 Å². The molecule has 0 bridgehead atoms. The van der Waals surface area contributed by atoms with Crippen molar-refractivity contribution in [2.24, 2.45) is 5.92 Å². The number of ether oxygens (including phenoxy) is 1. The van der Waals surface area contributed by atoms with Crippen molar-refractivity contribution < 1.29 is 17.9 Å². The Hall–Kier alpha value is -1.67. The maximum Gasteiger partial charge on any atom is 0.417 e. The fraction of sp³-hybridized carbons (Fsp3) is 0.571. The van der Waals surface area contributed by atoms with Gasteiger partial charge in [0.1, 0.15) is 0 Å². The van der Waals surface area contributed by atoms with Gasteiger partial charge in [-0.3, -0.25) is 4.40 Å². The van der Waals surface area contributed by atoms with Crippen molar-refractivity contribution in [1.29, 1.82) is 0 Å². The van der Waals surface area contributed by atoms with Gasteiger partial charge in [0, 0.05) is 19.3 Å². The number of alkyl halides is 3. The van der Waals surface area contributed by atoms with Crippen molar-refractivity contribution >= 4 is 5.65 Å². The maximum absolute atomic E-state index is 12.8. The topological polar surface area (TPSA) is 51.5 Å². The number of rotatable bonds is 6. The molecule has 0 aromatic carbocycles. The first kappa shape index (κ1) is 16.7. The fourth-order valence-electron chi connectivity index (χ4n) is 2.09. The highest BCUT2D eigenvalue weighted by Gasteiger charge is 2.31. The molecule has 0 amide bonds. The average molecular weight is 316 g/mol. The second-order valence-corrected chi connectivity index (χ2v) is 5.36. The van der Waals surface area contributed by atoms with Crippen LogP contribution in [0.5, 0.6) is 0 Å². The van der Waals surface area contributed by atoms with E-state index in [1.165, 1.54) is 10.5 Å². The molecule has 0 saturated carbocycles. The van der Waals surface area contributed by atoms with Gasteiger partial charge in [0.25, 0.3) is 0 Å². The summed E-state index contributed by atoms with van der Waals surface area (Å²) in [5.74, 6) is 0.715. The molecule has 0 spiro atoms. The van der Waals surface area contributed by atoms with Gasteiger partial charge >= 0.3 is 6.18 Å². The SMILES string of the molecule is COCC(C)C(C)NCc1nnc2ccc(C(F)(F)F)cn12. The van der Waals surface area contributed by atoms with Crippen molar-refractivity contribution in [3.05, 3.63) is 29.7 Å². The van der Waals surface area contributed by atoms with E-state index in [1.54, 1.807) is 7.11 Å². The molecule has 2 unspecified atom stereocenters. The molecular weight excluding hydrogens is 297 g/mol. The number of nitrogens with zero attached hydrogens (tertiary/aromatic N) is 3. The van der Waals surface area contributed by atoms with Crippen molar-refractivity contribution in [3.8, 4) is 0 Å². The minimum absolute atomic E-state index is 0.137. The Morgan fingerprint density at radius 3 is 2.64 bits per heavy atom. The van der Waals surface area contributed by atoms with E-state index in [1.807, 2.05) is 13.8 Å². The van der Waals surface area contributed by atoms with Crippen LogP contribution in [0.15, 0.2) is 18.3 Å². The Balaban J connectivity index is 2.14. The van der Waals surface area contributed by atoms with Crippen molar-refractivity contribution in [2.75, 3.05) is 13.7 Å². The molecule has 2 rings (SSSR count). The molecule has 0 aliphatic heterocycles. The number of nitrogens with one attached hydrogen (secondary N) is 1. The van der Waals surface area contributed by atoms with E-state index in [-0.39, 0.29) is 12.0 Å². The van der Waals surface area contributed by atoms with E-state index in [0.29, 0.717) is 24.6 Å². The van der Waals surface area contributed by atoms with Gasteiger partial charge in [-0.1, -0.05) is 6.92 Å². The molecule has 2 atom stereocenters. The Morgan fingerprint density at radius 1 is 1.27 bits per heavy atom. The molecule has 0 aliphatic rings. The van der Waals surface area contributed by atoms with Crippen molar-refractivity contribution in [2.45, 2.75) is 32.6 Å². The molecule has 5 nitrogen and oxygen atoms in total. The standard InChI is InChI=1S/C14H19F3N4O/c1-9(8-22-3)10(2)18-6-13-20-19-12-5-4-11(7-21(12)13)14(15,16)17/h4-5,7,9-10,18H,6,8H2,1-3H3. The first-order valence-corrected chi connectivity index (χ1v) is 6.96. The van der Waals surface area contributed by atoms with Gasteiger partial charge in [-0.05, 0) is 25.0 Å². The molecule has 22 heavy (non-hydrogen) atoms. The molecule has 0 fully saturated rings. The molecular formula is C14H19F3N4O. The van der Waals surface area contributed by atoms with E-state index >= 15 is 0 Å². The van der Waals surface area contributed by atoms with Crippen LogP contribution in [0.25, 0.3) is 5.65 Å². The van der Waals surface area contributed by atoms with E-state index in [9.17, 15) is 13.2 Å². The Labute approximate surface area is 126 Å². The molecule has 0 aliphatic carbocycles. The van der Waals surface area contributed by atoms with Crippen LogP contribution in [-0.4, -0.2) is 34.4 Å². The minimum atomic E-state index is -4.39. The van der Waals surface area contributed by atoms with Crippen LogP contribution < -0.4 is 5.32 Å². The zero-order valence-electron chi connectivity index (χ0n) is 12.7.